The molecule has 2 aromatic rings. The zero-order valence-corrected chi connectivity index (χ0v) is 12.2. The lowest BCUT2D eigenvalue weighted by molar-refractivity contribution is -0.120. The van der Waals surface area contributed by atoms with Crippen LogP contribution in [-0.4, -0.2) is 5.91 Å². The summed E-state index contributed by atoms with van der Waals surface area (Å²) >= 11 is 3.29. The van der Waals surface area contributed by atoms with Gasteiger partial charge in [0.2, 0.25) is 5.91 Å². The summed E-state index contributed by atoms with van der Waals surface area (Å²) in [6.45, 7) is 0.216. The number of benzene rings is 2. The number of carbonyl (C=O) groups excluding carboxylic acids is 1. The number of primary amides is 1. The maximum atomic E-state index is 13.6. The van der Waals surface area contributed by atoms with Crippen LogP contribution >= 0.6 is 15.9 Å². The van der Waals surface area contributed by atoms with Gasteiger partial charge in [-0.25, -0.2) is 4.39 Å². The number of nitrogens with one attached hydrogen (secondary N) is 1. The molecule has 0 bridgehead atoms. The summed E-state index contributed by atoms with van der Waals surface area (Å²) < 4.78 is 14.4. The van der Waals surface area contributed by atoms with E-state index in [0.29, 0.717) is 5.56 Å². The third-order valence-corrected chi connectivity index (χ3v) is 3.42. The SMILES string of the molecule is NC(=O)[C@H](NCc1cc(Br)ccc1F)c1ccccc1. The van der Waals surface area contributed by atoms with Gasteiger partial charge >= 0.3 is 0 Å². The fourth-order valence-corrected chi connectivity index (χ4v) is 2.33. The zero-order valence-electron chi connectivity index (χ0n) is 10.6. The maximum Gasteiger partial charge on any atom is 0.239 e. The summed E-state index contributed by atoms with van der Waals surface area (Å²) in [5, 5.41) is 2.98. The number of hydrogen-bond donors (Lipinski definition) is 2. The highest BCUT2D eigenvalue weighted by molar-refractivity contribution is 9.10. The lowest BCUT2D eigenvalue weighted by Crippen LogP contribution is -2.33. The van der Waals surface area contributed by atoms with Crippen molar-refractivity contribution in [1.29, 1.82) is 0 Å². The van der Waals surface area contributed by atoms with Crippen molar-refractivity contribution in [3.8, 4) is 0 Å². The van der Waals surface area contributed by atoms with E-state index in [1.807, 2.05) is 18.2 Å². The zero-order chi connectivity index (χ0) is 14.5. The number of hydrogen-bond acceptors (Lipinski definition) is 2. The smallest absolute Gasteiger partial charge is 0.239 e. The van der Waals surface area contributed by atoms with E-state index in [4.69, 9.17) is 5.73 Å². The van der Waals surface area contributed by atoms with Crippen molar-refractivity contribution < 1.29 is 9.18 Å². The van der Waals surface area contributed by atoms with E-state index in [1.165, 1.54) is 6.07 Å². The van der Waals surface area contributed by atoms with Crippen LogP contribution in [0.2, 0.25) is 0 Å². The van der Waals surface area contributed by atoms with Crippen molar-refractivity contribution in [2.45, 2.75) is 12.6 Å². The normalized spacial score (nSPS) is 12.1. The number of amides is 1. The molecule has 104 valence electrons. The molecule has 0 aromatic heterocycles. The van der Waals surface area contributed by atoms with E-state index in [1.54, 1.807) is 24.3 Å². The Labute approximate surface area is 125 Å². The van der Waals surface area contributed by atoms with Gasteiger partial charge in [0.05, 0.1) is 0 Å². The predicted molar refractivity (Wildman–Crippen MR) is 79.3 cm³/mol. The summed E-state index contributed by atoms with van der Waals surface area (Å²) in [6.07, 6.45) is 0. The minimum absolute atomic E-state index is 0.216. The van der Waals surface area contributed by atoms with Gasteiger partial charge < -0.3 is 5.73 Å². The van der Waals surface area contributed by atoms with E-state index in [0.717, 1.165) is 10.0 Å². The van der Waals surface area contributed by atoms with E-state index in [2.05, 4.69) is 21.2 Å². The standard InChI is InChI=1S/C15H14BrFN2O/c16-12-6-7-13(17)11(8-12)9-19-14(15(18)20)10-4-2-1-3-5-10/h1-8,14,19H,9H2,(H2,18,20)/t14-/m1/s1. The van der Waals surface area contributed by atoms with Gasteiger partial charge in [0.15, 0.2) is 0 Å². The average molecular weight is 337 g/mol. The Kier molecular flexibility index (Phi) is 4.87. The molecule has 0 saturated heterocycles. The third kappa shape index (κ3) is 3.65. The molecule has 0 spiro atoms. The number of carbonyl (C=O) groups is 1. The Morgan fingerprint density at radius 1 is 1.25 bits per heavy atom. The molecule has 0 fully saturated rings. The van der Waals surface area contributed by atoms with Gasteiger partial charge in [0.25, 0.3) is 0 Å². The van der Waals surface area contributed by atoms with Crippen molar-refractivity contribution in [3.63, 3.8) is 0 Å². The second-order valence-corrected chi connectivity index (χ2v) is 5.28. The monoisotopic (exact) mass is 336 g/mol. The fraction of sp³-hybridized carbons (Fsp3) is 0.133. The molecule has 2 rings (SSSR count). The molecule has 20 heavy (non-hydrogen) atoms. The van der Waals surface area contributed by atoms with Gasteiger partial charge in [-0.3, -0.25) is 10.1 Å². The van der Waals surface area contributed by atoms with Gasteiger partial charge in [-0.2, -0.15) is 0 Å². The lowest BCUT2D eigenvalue weighted by Gasteiger charge is -2.16. The highest BCUT2D eigenvalue weighted by Crippen LogP contribution is 2.17. The number of rotatable bonds is 5. The summed E-state index contributed by atoms with van der Waals surface area (Å²) in [6, 6.07) is 13.2. The maximum absolute atomic E-state index is 13.6. The molecule has 2 aromatic carbocycles. The molecule has 0 unspecified atom stereocenters. The molecule has 1 atom stereocenters. The molecule has 3 nitrogen and oxygen atoms in total. The summed E-state index contributed by atoms with van der Waals surface area (Å²) in [5.41, 5.74) is 6.63. The lowest BCUT2D eigenvalue weighted by atomic mass is 10.1. The summed E-state index contributed by atoms with van der Waals surface area (Å²) in [7, 11) is 0. The second-order valence-electron chi connectivity index (χ2n) is 4.36. The van der Waals surface area contributed by atoms with Crippen molar-refractivity contribution in [1.82, 2.24) is 5.32 Å². The van der Waals surface area contributed by atoms with Crippen molar-refractivity contribution in [2.75, 3.05) is 0 Å². The Morgan fingerprint density at radius 3 is 2.60 bits per heavy atom. The van der Waals surface area contributed by atoms with Crippen LogP contribution in [0.3, 0.4) is 0 Å². The first kappa shape index (κ1) is 14.7. The average Bonchev–Trinajstić information content (AvgIpc) is 2.43. The molecule has 1 amide bonds. The quantitative estimate of drug-likeness (QED) is 0.881. The van der Waals surface area contributed by atoms with Crippen LogP contribution in [-0.2, 0) is 11.3 Å². The van der Waals surface area contributed by atoms with Gasteiger partial charge in [0, 0.05) is 16.6 Å². The van der Waals surface area contributed by atoms with E-state index in [-0.39, 0.29) is 12.4 Å². The van der Waals surface area contributed by atoms with Crippen LogP contribution in [0.1, 0.15) is 17.2 Å². The van der Waals surface area contributed by atoms with Gasteiger partial charge in [0.1, 0.15) is 11.9 Å². The van der Waals surface area contributed by atoms with E-state index in [9.17, 15) is 9.18 Å². The van der Waals surface area contributed by atoms with Gasteiger partial charge in [-0.15, -0.1) is 0 Å². The first-order valence-electron chi connectivity index (χ1n) is 6.09. The highest BCUT2D eigenvalue weighted by Gasteiger charge is 2.17. The molecule has 5 heteroatoms. The fourth-order valence-electron chi connectivity index (χ4n) is 1.92. The van der Waals surface area contributed by atoms with Crippen molar-refractivity contribution >= 4 is 21.8 Å². The van der Waals surface area contributed by atoms with E-state index < -0.39 is 11.9 Å². The second kappa shape index (κ2) is 6.63. The first-order chi connectivity index (χ1) is 9.58. The van der Waals surface area contributed by atoms with Crippen LogP contribution in [0.5, 0.6) is 0 Å². The van der Waals surface area contributed by atoms with Crippen LogP contribution in [0.15, 0.2) is 53.0 Å². The Bertz CT molecular complexity index is 604. The minimum Gasteiger partial charge on any atom is -0.368 e. The third-order valence-electron chi connectivity index (χ3n) is 2.92. The minimum atomic E-state index is -0.644. The molecular weight excluding hydrogens is 323 g/mol. The Balaban J connectivity index is 2.14. The molecule has 0 aliphatic heterocycles. The molecule has 3 N–H and O–H groups in total. The van der Waals surface area contributed by atoms with Crippen LogP contribution in [0.4, 0.5) is 4.39 Å². The number of halogens is 2. The van der Waals surface area contributed by atoms with Crippen LogP contribution < -0.4 is 11.1 Å². The van der Waals surface area contributed by atoms with Crippen LogP contribution in [0, 0.1) is 5.82 Å². The first-order valence-corrected chi connectivity index (χ1v) is 6.89. The highest BCUT2D eigenvalue weighted by atomic mass is 79.9. The molecule has 0 aliphatic carbocycles. The Hall–Kier alpha value is -1.72. The number of nitrogens with two attached hydrogens (primary N) is 1. The van der Waals surface area contributed by atoms with Crippen LogP contribution in [0.25, 0.3) is 0 Å². The molecular formula is C15H14BrFN2O. The Morgan fingerprint density at radius 2 is 1.95 bits per heavy atom. The molecule has 0 saturated carbocycles. The molecule has 0 radical (unpaired) electrons. The largest absolute Gasteiger partial charge is 0.368 e. The predicted octanol–water partition coefficient (Wildman–Crippen LogP) is 2.90. The van der Waals surface area contributed by atoms with Crippen molar-refractivity contribution in [3.05, 3.63) is 69.9 Å². The van der Waals surface area contributed by atoms with Gasteiger partial charge in [-0.05, 0) is 23.8 Å². The summed E-state index contributed by atoms with van der Waals surface area (Å²) in [5.74, 6) is -0.816. The molecule has 0 aliphatic rings. The van der Waals surface area contributed by atoms with Crippen molar-refractivity contribution in [2.24, 2.45) is 5.73 Å². The molecule has 0 heterocycles. The van der Waals surface area contributed by atoms with E-state index >= 15 is 0 Å². The van der Waals surface area contributed by atoms with Gasteiger partial charge in [-0.1, -0.05) is 46.3 Å². The summed E-state index contributed by atoms with van der Waals surface area (Å²) in [4.78, 5) is 11.5. The topological polar surface area (TPSA) is 55.1 Å².